The Morgan fingerprint density at radius 2 is 1.16 bits per heavy atom. The number of H-pyrrole nitrogens is 1. The number of imidazole rings is 1. The van der Waals surface area contributed by atoms with Crippen LogP contribution < -0.4 is 10.6 Å². The van der Waals surface area contributed by atoms with E-state index in [1.165, 1.54) is 9.80 Å². The number of aromatic amines is 1. The highest BCUT2D eigenvalue weighted by Crippen LogP contribution is 2.28. The van der Waals surface area contributed by atoms with Crippen molar-refractivity contribution >= 4 is 46.0 Å². The Bertz CT molecular complexity index is 2050. The Balaban J connectivity index is 0.978. The van der Waals surface area contributed by atoms with Crippen LogP contribution in [0.25, 0.3) is 22.4 Å². The molecule has 7 rings (SSSR count). The minimum Gasteiger partial charge on any atom is -0.378 e. The first-order chi connectivity index (χ1) is 24.8. The Hall–Kier alpha value is -5.85. The minimum absolute atomic E-state index is 0.315. The van der Waals surface area contributed by atoms with Gasteiger partial charge in [-0.1, -0.05) is 60.7 Å². The summed E-state index contributed by atoms with van der Waals surface area (Å²) in [6.07, 6.45) is -0.331. The van der Waals surface area contributed by atoms with Crippen molar-refractivity contribution < 1.29 is 29.4 Å². The first kappa shape index (κ1) is 33.6. The topological polar surface area (TPSA) is 168 Å². The van der Waals surface area contributed by atoms with Gasteiger partial charge in [-0.05, 0) is 79.3 Å². The number of aliphatic hydroxyl groups is 2. The van der Waals surface area contributed by atoms with Gasteiger partial charge in [0.25, 0.3) is 11.8 Å². The van der Waals surface area contributed by atoms with Crippen molar-refractivity contribution in [2.24, 2.45) is 0 Å². The van der Waals surface area contributed by atoms with Crippen LogP contribution in [0, 0.1) is 0 Å². The molecule has 5 N–H and O–H groups in total. The molecular weight excluding hydrogens is 648 g/mol. The molecule has 2 aliphatic heterocycles. The zero-order valence-electron chi connectivity index (χ0n) is 27.7. The third-order valence-corrected chi connectivity index (χ3v) is 9.55. The van der Waals surface area contributed by atoms with Gasteiger partial charge in [0.15, 0.2) is 12.2 Å². The number of aromatic nitrogens is 2. The van der Waals surface area contributed by atoms with E-state index in [0.29, 0.717) is 78.1 Å². The van der Waals surface area contributed by atoms with Gasteiger partial charge in [0.1, 0.15) is 17.9 Å². The zero-order valence-corrected chi connectivity index (χ0v) is 27.7. The molecule has 0 aliphatic carbocycles. The van der Waals surface area contributed by atoms with E-state index in [1.54, 1.807) is 78.9 Å². The summed E-state index contributed by atoms with van der Waals surface area (Å²) >= 11 is 0. The van der Waals surface area contributed by atoms with Crippen LogP contribution >= 0.6 is 0 Å². The molecule has 3 heterocycles. The third kappa shape index (κ3) is 7.09. The Kier molecular flexibility index (Phi) is 9.60. The smallest absolute Gasteiger partial charge is 0.256 e. The maximum atomic E-state index is 13.3. The molecule has 1 aromatic heterocycles. The summed E-state index contributed by atoms with van der Waals surface area (Å²) in [6, 6.07) is 28.5. The van der Waals surface area contributed by atoms with Crippen LogP contribution in [0.3, 0.4) is 0 Å². The molecule has 260 valence electrons. The van der Waals surface area contributed by atoms with Gasteiger partial charge < -0.3 is 35.6 Å². The number of hydrogen-bond donors (Lipinski definition) is 5. The van der Waals surface area contributed by atoms with Crippen molar-refractivity contribution in [2.45, 2.75) is 50.0 Å². The normalized spacial score (nSPS) is 18.4. The van der Waals surface area contributed by atoms with Crippen LogP contribution in [-0.4, -0.2) is 78.8 Å². The molecule has 0 radical (unpaired) electrons. The number of anilines is 2. The first-order valence-corrected chi connectivity index (χ1v) is 17.1. The van der Waals surface area contributed by atoms with Crippen molar-refractivity contribution in [2.75, 3.05) is 23.7 Å². The van der Waals surface area contributed by atoms with Gasteiger partial charge in [0.05, 0.1) is 11.0 Å². The molecule has 0 bridgehead atoms. The number of rotatable bonds is 9. The summed E-state index contributed by atoms with van der Waals surface area (Å²) in [5.74, 6) is -1.03. The number of nitrogens with one attached hydrogen (secondary N) is 3. The molecule has 4 amide bonds. The lowest BCUT2D eigenvalue weighted by molar-refractivity contribution is -0.144. The summed E-state index contributed by atoms with van der Waals surface area (Å²) in [4.78, 5) is 63.6. The standard InChI is InChI=1S/C39H38N6O6/c46-33(24-9-3-1-4-10-24)38(50)44-21-7-13-31(44)36(48)40-27-17-15-26(16-18-27)35-42-29-20-19-28(23-30(29)43-35)41-37(49)32-14-8-22-45(32)39(51)34(47)25-11-5-2-6-12-25/h1-6,9-12,15-20,23,31-34,46-47H,7-8,13-14,21-22H2,(H,40,48)(H,41,49)(H,42,43)/t31-,32-,33+,34+/m0/s1. The van der Waals surface area contributed by atoms with E-state index in [4.69, 9.17) is 0 Å². The molecule has 0 unspecified atom stereocenters. The lowest BCUT2D eigenvalue weighted by Crippen LogP contribution is -2.45. The van der Waals surface area contributed by atoms with Crippen LogP contribution in [0.15, 0.2) is 103 Å². The predicted octanol–water partition coefficient (Wildman–Crippen LogP) is 4.56. The quantitative estimate of drug-likeness (QED) is 0.152. The highest BCUT2D eigenvalue weighted by Gasteiger charge is 2.38. The number of carbonyl (C=O) groups excluding carboxylic acids is 4. The molecule has 2 saturated heterocycles. The predicted molar refractivity (Wildman–Crippen MR) is 191 cm³/mol. The molecule has 4 aromatic carbocycles. The minimum atomic E-state index is -1.34. The molecular formula is C39H38N6O6. The van der Waals surface area contributed by atoms with Crippen molar-refractivity contribution in [3.8, 4) is 11.4 Å². The number of amides is 4. The fraction of sp³-hybridized carbons (Fsp3) is 0.256. The van der Waals surface area contributed by atoms with Gasteiger partial charge in [-0.25, -0.2) is 4.98 Å². The molecule has 12 heteroatoms. The molecule has 2 fully saturated rings. The molecule has 5 aromatic rings. The number of likely N-dealkylation sites (tertiary alicyclic amines) is 2. The van der Waals surface area contributed by atoms with Crippen LogP contribution in [0.2, 0.25) is 0 Å². The lowest BCUT2D eigenvalue weighted by Gasteiger charge is -2.26. The van der Waals surface area contributed by atoms with Crippen molar-refractivity contribution in [3.63, 3.8) is 0 Å². The van der Waals surface area contributed by atoms with E-state index >= 15 is 0 Å². The number of fused-ring (bicyclic) bond motifs is 1. The van der Waals surface area contributed by atoms with E-state index < -0.39 is 36.1 Å². The van der Waals surface area contributed by atoms with E-state index in [-0.39, 0.29) is 11.8 Å². The van der Waals surface area contributed by atoms with Crippen LogP contribution in [0.5, 0.6) is 0 Å². The second-order valence-corrected chi connectivity index (χ2v) is 12.9. The van der Waals surface area contributed by atoms with Crippen LogP contribution in [-0.2, 0) is 19.2 Å². The van der Waals surface area contributed by atoms with Gasteiger partial charge in [0.2, 0.25) is 11.8 Å². The van der Waals surface area contributed by atoms with Crippen molar-refractivity contribution in [3.05, 3.63) is 114 Å². The van der Waals surface area contributed by atoms with Crippen molar-refractivity contribution in [1.29, 1.82) is 0 Å². The fourth-order valence-electron chi connectivity index (χ4n) is 6.86. The second kappa shape index (κ2) is 14.6. The number of carbonyl (C=O) groups is 4. The highest BCUT2D eigenvalue weighted by atomic mass is 16.3. The lowest BCUT2D eigenvalue weighted by atomic mass is 10.1. The fourth-order valence-corrected chi connectivity index (χ4v) is 6.86. The van der Waals surface area contributed by atoms with Gasteiger partial charge in [-0.3, -0.25) is 19.2 Å². The summed E-state index contributed by atoms with van der Waals surface area (Å²) in [6.45, 7) is 0.790. The Morgan fingerprint density at radius 1 is 0.667 bits per heavy atom. The number of nitrogens with zero attached hydrogens (tertiary/aromatic N) is 3. The Morgan fingerprint density at radius 3 is 1.69 bits per heavy atom. The van der Waals surface area contributed by atoms with Crippen molar-refractivity contribution in [1.82, 2.24) is 19.8 Å². The van der Waals surface area contributed by atoms with Gasteiger partial charge in [-0.15, -0.1) is 0 Å². The first-order valence-electron chi connectivity index (χ1n) is 17.1. The monoisotopic (exact) mass is 686 g/mol. The Labute approximate surface area is 294 Å². The molecule has 4 atom stereocenters. The molecule has 2 aliphatic rings. The zero-order chi connectivity index (χ0) is 35.5. The SMILES string of the molecule is O=C(Nc1ccc(-c2nc3ccc(NC(=O)[C@@H]4CCCN4C(=O)[C@H](O)c4ccccc4)cc3[nH]2)cc1)[C@@H]1CCCN1C(=O)[C@H](O)c1ccccc1. The van der Waals surface area contributed by atoms with E-state index in [1.807, 2.05) is 24.3 Å². The number of benzene rings is 4. The second-order valence-electron chi connectivity index (χ2n) is 12.9. The number of hydrogen-bond acceptors (Lipinski definition) is 7. The van der Waals surface area contributed by atoms with E-state index in [9.17, 15) is 29.4 Å². The largest absolute Gasteiger partial charge is 0.378 e. The van der Waals surface area contributed by atoms with E-state index in [2.05, 4.69) is 20.6 Å². The third-order valence-electron chi connectivity index (χ3n) is 9.55. The summed E-state index contributed by atoms with van der Waals surface area (Å²) in [5.41, 5.74) is 4.23. The van der Waals surface area contributed by atoms with Gasteiger partial charge >= 0.3 is 0 Å². The average molecular weight is 687 g/mol. The van der Waals surface area contributed by atoms with Crippen LogP contribution in [0.4, 0.5) is 11.4 Å². The van der Waals surface area contributed by atoms with Gasteiger partial charge in [-0.2, -0.15) is 0 Å². The summed E-state index contributed by atoms with van der Waals surface area (Å²) in [5, 5.41) is 27.1. The highest BCUT2D eigenvalue weighted by molar-refractivity contribution is 6.00. The van der Waals surface area contributed by atoms with E-state index in [0.717, 1.165) is 5.56 Å². The van der Waals surface area contributed by atoms with Crippen LogP contribution in [0.1, 0.15) is 49.0 Å². The molecule has 51 heavy (non-hydrogen) atoms. The molecule has 0 saturated carbocycles. The average Bonchev–Trinajstić information content (AvgIpc) is 3.95. The molecule has 0 spiro atoms. The summed E-state index contributed by atoms with van der Waals surface area (Å²) < 4.78 is 0. The maximum absolute atomic E-state index is 13.3. The summed E-state index contributed by atoms with van der Waals surface area (Å²) in [7, 11) is 0. The number of aliphatic hydroxyl groups excluding tert-OH is 2. The maximum Gasteiger partial charge on any atom is 0.256 e. The van der Waals surface area contributed by atoms with Gasteiger partial charge in [0, 0.05) is 30.0 Å². The molecule has 12 nitrogen and oxygen atoms in total.